The molecule has 0 amide bonds. The van der Waals surface area contributed by atoms with E-state index in [1.807, 2.05) is 0 Å². The number of aryl methyl sites for hydroxylation is 3. The molecular formula is C11H12N4O. The van der Waals surface area contributed by atoms with Crippen molar-refractivity contribution in [2.45, 2.75) is 32.6 Å². The van der Waals surface area contributed by atoms with E-state index < -0.39 is 0 Å². The van der Waals surface area contributed by atoms with Gasteiger partial charge in [-0.3, -0.25) is 4.79 Å². The maximum atomic E-state index is 11.7. The largest absolute Gasteiger partial charge is 0.309 e. The van der Waals surface area contributed by atoms with Gasteiger partial charge in [-0.05, 0) is 32.6 Å². The van der Waals surface area contributed by atoms with Crippen molar-refractivity contribution in [1.82, 2.24) is 19.9 Å². The SMILES string of the molecule is Cc1nc2nc3c(nc2c(=O)[nH]1)CCCC3. The first kappa shape index (κ1) is 9.45. The topological polar surface area (TPSA) is 71.5 Å². The van der Waals surface area contributed by atoms with Crippen LogP contribution in [0.3, 0.4) is 0 Å². The predicted octanol–water partition coefficient (Wildman–Crippen LogP) is 0.900. The molecule has 1 aliphatic rings. The summed E-state index contributed by atoms with van der Waals surface area (Å²) in [5, 5.41) is 0. The number of aromatic amines is 1. The molecule has 5 heteroatoms. The average Bonchev–Trinajstić information content (AvgIpc) is 2.27. The lowest BCUT2D eigenvalue weighted by Gasteiger charge is -2.13. The third-order valence-electron chi connectivity index (χ3n) is 2.89. The van der Waals surface area contributed by atoms with E-state index >= 15 is 0 Å². The summed E-state index contributed by atoms with van der Waals surface area (Å²) in [4.78, 5) is 27.4. The monoisotopic (exact) mass is 216 g/mol. The van der Waals surface area contributed by atoms with Crippen molar-refractivity contribution < 1.29 is 0 Å². The smallest absolute Gasteiger partial charge is 0.279 e. The highest BCUT2D eigenvalue weighted by atomic mass is 16.1. The van der Waals surface area contributed by atoms with E-state index in [1.165, 1.54) is 0 Å². The molecule has 0 aromatic carbocycles. The molecular weight excluding hydrogens is 204 g/mol. The quantitative estimate of drug-likeness (QED) is 0.710. The minimum atomic E-state index is -0.191. The van der Waals surface area contributed by atoms with Crippen molar-refractivity contribution in [1.29, 1.82) is 0 Å². The number of hydrogen-bond donors (Lipinski definition) is 1. The highest BCUT2D eigenvalue weighted by molar-refractivity contribution is 5.68. The van der Waals surface area contributed by atoms with Gasteiger partial charge in [0, 0.05) is 0 Å². The van der Waals surface area contributed by atoms with Crippen molar-refractivity contribution in [2.24, 2.45) is 0 Å². The second kappa shape index (κ2) is 3.37. The summed E-state index contributed by atoms with van der Waals surface area (Å²) in [7, 11) is 0. The molecule has 0 aliphatic heterocycles. The zero-order valence-corrected chi connectivity index (χ0v) is 9.08. The van der Waals surface area contributed by atoms with Crippen LogP contribution in [0.25, 0.3) is 11.2 Å². The van der Waals surface area contributed by atoms with Crippen LogP contribution in [-0.2, 0) is 12.8 Å². The van der Waals surface area contributed by atoms with Gasteiger partial charge in [-0.15, -0.1) is 0 Å². The lowest BCUT2D eigenvalue weighted by molar-refractivity contribution is 0.653. The number of nitrogens with zero attached hydrogens (tertiary/aromatic N) is 3. The van der Waals surface area contributed by atoms with Crippen LogP contribution in [0.4, 0.5) is 0 Å². The molecule has 0 spiro atoms. The predicted molar refractivity (Wildman–Crippen MR) is 59.3 cm³/mol. The second-order valence-electron chi connectivity index (χ2n) is 4.15. The van der Waals surface area contributed by atoms with Crippen molar-refractivity contribution in [3.8, 4) is 0 Å². The first-order chi connectivity index (χ1) is 7.74. The van der Waals surface area contributed by atoms with Crippen molar-refractivity contribution in [3.05, 3.63) is 27.6 Å². The third kappa shape index (κ3) is 1.39. The van der Waals surface area contributed by atoms with E-state index in [4.69, 9.17) is 0 Å². The lowest BCUT2D eigenvalue weighted by atomic mass is 10.0. The minimum Gasteiger partial charge on any atom is -0.309 e. The van der Waals surface area contributed by atoms with Crippen LogP contribution in [-0.4, -0.2) is 19.9 Å². The average molecular weight is 216 g/mol. The molecule has 16 heavy (non-hydrogen) atoms. The summed E-state index contributed by atoms with van der Waals surface area (Å²) < 4.78 is 0. The Morgan fingerprint density at radius 2 is 1.75 bits per heavy atom. The Morgan fingerprint density at radius 3 is 2.50 bits per heavy atom. The zero-order chi connectivity index (χ0) is 11.1. The number of hydrogen-bond acceptors (Lipinski definition) is 4. The van der Waals surface area contributed by atoms with Gasteiger partial charge in [-0.25, -0.2) is 15.0 Å². The summed E-state index contributed by atoms with van der Waals surface area (Å²) in [6.07, 6.45) is 4.15. The van der Waals surface area contributed by atoms with Crippen LogP contribution in [0.1, 0.15) is 30.1 Å². The zero-order valence-electron chi connectivity index (χ0n) is 9.08. The Hall–Kier alpha value is -1.78. The maximum Gasteiger partial charge on any atom is 0.279 e. The fourth-order valence-electron chi connectivity index (χ4n) is 2.12. The maximum absolute atomic E-state index is 11.7. The van der Waals surface area contributed by atoms with E-state index in [0.29, 0.717) is 17.0 Å². The summed E-state index contributed by atoms with van der Waals surface area (Å²) in [5.41, 5.74) is 2.63. The van der Waals surface area contributed by atoms with E-state index in [1.54, 1.807) is 6.92 Å². The van der Waals surface area contributed by atoms with Gasteiger partial charge >= 0.3 is 0 Å². The van der Waals surface area contributed by atoms with Crippen LogP contribution in [0.5, 0.6) is 0 Å². The molecule has 0 saturated carbocycles. The minimum absolute atomic E-state index is 0.191. The molecule has 5 nitrogen and oxygen atoms in total. The van der Waals surface area contributed by atoms with E-state index in [-0.39, 0.29) is 5.56 Å². The number of aromatic nitrogens is 4. The van der Waals surface area contributed by atoms with Gasteiger partial charge < -0.3 is 4.98 Å². The molecule has 0 radical (unpaired) electrons. The van der Waals surface area contributed by atoms with Crippen LogP contribution in [0, 0.1) is 6.92 Å². The van der Waals surface area contributed by atoms with Gasteiger partial charge in [0.2, 0.25) is 0 Å². The molecule has 0 fully saturated rings. The standard InChI is InChI=1S/C11H12N4O/c1-6-12-10-9(11(16)13-6)14-7-4-2-3-5-8(7)15-10/h2-5H2,1H3,(H,12,13,15,16). The summed E-state index contributed by atoms with van der Waals surface area (Å²) in [5.74, 6) is 0.586. The van der Waals surface area contributed by atoms with Crippen LogP contribution >= 0.6 is 0 Å². The molecule has 82 valence electrons. The first-order valence-corrected chi connectivity index (χ1v) is 5.50. The molecule has 0 unspecified atom stereocenters. The second-order valence-corrected chi connectivity index (χ2v) is 4.15. The number of nitrogens with one attached hydrogen (secondary N) is 1. The van der Waals surface area contributed by atoms with Crippen LogP contribution in [0.15, 0.2) is 4.79 Å². The Morgan fingerprint density at radius 1 is 1.06 bits per heavy atom. The van der Waals surface area contributed by atoms with Gasteiger partial charge in [0.05, 0.1) is 11.4 Å². The lowest BCUT2D eigenvalue weighted by Crippen LogP contribution is -2.16. The molecule has 2 aromatic heterocycles. The Balaban J connectivity index is 2.35. The van der Waals surface area contributed by atoms with Crippen LogP contribution < -0.4 is 5.56 Å². The van der Waals surface area contributed by atoms with E-state index in [2.05, 4.69) is 19.9 Å². The number of H-pyrrole nitrogens is 1. The van der Waals surface area contributed by atoms with Gasteiger partial charge in [0.25, 0.3) is 5.56 Å². The summed E-state index contributed by atoms with van der Waals surface area (Å²) in [6, 6.07) is 0. The van der Waals surface area contributed by atoms with Gasteiger partial charge in [-0.2, -0.15) is 0 Å². The molecule has 0 saturated heterocycles. The fraction of sp³-hybridized carbons (Fsp3) is 0.455. The Kier molecular flexibility index (Phi) is 1.99. The Bertz CT molecular complexity index is 617. The third-order valence-corrected chi connectivity index (χ3v) is 2.89. The summed E-state index contributed by atoms with van der Waals surface area (Å²) >= 11 is 0. The molecule has 0 atom stereocenters. The molecule has 3 rings (SSSR count). The van der Waals surface area contributed by atoms with Gasteiger partial charge in [0.1, 0.15) is 5.82 Å². The molecule has 1 N–H and O–H groups in total. The molecule has 0 bridgehead atoms. The van der Waals surface area contributed by atoms with Crippen molar-refractivity contribution in [2.75, 3.05) is 0 Å². The van der Waals surface area contributed by atoms with Crippen molar-refractivity contribution >= 4 is 11.2 Å². The van der Waals surface area contributed by atoms with E-state index in [9.17, 15) is 4.79 Å². The number of rotatable bonds is 0. The van der Waals surface area contributed by atoms with Crippen LogP contribution in [0.2, 0.25) is 0 Å². The highest BCUT2D eigenvalue weighted by Crippen LogP contribution is 2.18. The van der Waals surface area contributed by atoms with Gasteiger partial charge in [-0.1, -0.05) is 0 Å². The van der Waals surface area contributed by atoms with Gasteiger partial charge in [0.15, 0.2) is 11.2 Å². The number of fused-ring (bicyclic) bond motifs is 2. The molecule has 2 aromatic rings. The normalized spacial score (nSPS) is 15.1. The Labute approximate surface area is 92.0 Å². The fourth-order valence-corrected chi connectivity index (χ4v) is 2.12. The first-order valence-electron chi connectivity index (χ1n) is 5.50. The highest BCUT2D eigenvalue weighted by Gasteiger charge is 2.15. The molecule has 1 aliphatic carbocycles. The summed E-state index contributed by atoms with van der Waals surface area (Å²) in [6.45, 7) is 1.75. The molecule has 2 heterocycles. The van der Waals surface area contributed by atoms with E-state index in [0.717, 1.165) is 37.1 Å². The van der Waals surface area contributed by atoms with Crippen molar-refractivity contribution in [3.63, 3.8) is 0 Å².